The molecular weight excluding hydrogens is 206 g/mol. The van der Waals surface area contributed by atoms with E-state index in [1.807, 2.05) is 0 Å². The molecular formula is C12H17NO3. The van der Waals surface area contributed by atoms with E-state index in [-0.39, 0.29) is 5.56 Å². The molecule has 0 unspecified atom stereocenters. The van der Waals surface area contributed by atoms with Gasteiger partial charge in [-0.25, -0.2) is 4.79 Å². The van der Waals surface area contributed by atoms with Gasteiger partial charge in [-0.2, -0.15) is 0 Å². The third-order valence-corrected chi connectivity index (χ3v) is 3.25. The van der Waals surface area contributed by atoms with E-state index in [0.717, 1.165) is 5.76 Å². The molecule has 1 N–H and O–H groups in total. The summed E-state index contributed by atoms with van der Waals surface area (Å²) in [6, 6.07) is 2.23. The number of hydrogen-bond donors (Lipinski definition) is 1. The van der Waals surface area contributed by atoms with Crippen LogP contribution in [0.1, 0.15) is 41.8 Å². The quantitative estimate of drug-likeness (QED) is 0.851. The molecule has 1 fully saturated rings. The highest BCUT2D eigenvalue weighted by atomic mass is 16.4. The topological polar surface area (TPSA) is 53.7 Å². The highest BCUT2D eigenvalue weighted by Gasteiger charge is 2.20. The van der Waals surface area contributed by atoms with E-state index in [1.165, 1.54) is 31.9 Å². The van der Waals surface area contributed by atoms with Crippen molar-refractivity contribution in [1.29, 1.82) is 0 Å². The van der Waals surface area contributed by atoms with E-state index in [4.69, 9.17) is 9.52 Å². The lowest BCUT2D eigenvalue weighted by atomic mass is 10.2. The van der Waals surface area contributed by atoms with Crippen LogP contribution in [0, 0.1) is 0 Å². The van der Waals surface area contributed by atoms with Gasteiger partial charge >= 0.3 is 5.97 Å². The number of carboxylic acids is 1. The minimum atomic E-state index is -0.932. The van der Waals surface area contributed by atoms with Crippen molar-refractivity contribution >= 4 is 5.97 Å². The van der Waals surface area contributed by atoms with Crippen molar-refractivity contribution in [2.45, 2.75) is 38.3 Å². The van der Waals surface area contributed by atoms with Crippen LogP contribution in [-0.2, 0) is 6.54 Å². The van der Waals surface area contributed by atoms with E-state index in [0.29, 0.717) is 12.6 Å². The third kappa shape index (κ3) is 2.44. The molecule has 0 aliphatic heterocycles. The molecule has 0 bridgehead atoms. The van der Waals surface area contributed by atoms with Crippen LogP contribution in [0.5, 0.6) is 0 Å². The minimum Gasteiger partial charge on any atom is -0.478 e. The van der Waals surface area contributed by atoms with Gasteiger partial charge < -0.3 is 9.52 Å². The molecule has 4 nitrogen and oxygen atoms in total. The van der Waals surface area contributed by atoms with Crippen molar-refractivity contribution in [3.05, 3.63) is 23.7 Å². The van der Waals surface area contributed by atoms with Gasteiger partial charge in [-0.05, 0) is 26.0 Å². The van der Waals surface area contributed by atoms with Gasteiger partial charge in [0.25, 0.3) is 0 Å². The van der Waals surface area contributed by atoms with Crippen LogP contribution in [0.15, 0.2) is 16.7 Å². The molecule has 0 amide bonds. The smallest absolute Gasteiger partial charge is 0.338 e. The summed E-state index contributed by atoms with van der Waals surface area (Å²) in [6.45, 7) is 0.692. The van der Waals surface area contributed by atoms with Gasteiger partial charge in [0.2, 0.25) is 0 Å². The predicted octanol–water partition coefficient (Wildman–Crippen LogP) is 2.35. The Balaban J connectivity index is 1.94. The summed E-state index contributed by atoms with van der Waals surface area (Å²) in [5.41, 5.74) is 0.231. The van der Waals surface area contributed by atoms with Crippen molar-refractivity contribution in [2.75, 3.05) is 7.05 Å². The maximum atomic E-state index is 10.7. The second-order valence-electron chi connectivity index (χ2n) is 4.46. The first kappa shape index (κ1) is 11.2. The van der Waals surface area contributed by atoms with Crippen LogP contribution in [0.25, 0.3) is 0 Å². The lowest BCUT2D eigenvalue weighted by Gasteiger charge is -2.22. The predicted molar refractivity (Wildman–Crippen MR) is 59.4 cm³/mol. The Morgan fingerprint density at radius 1 is 1.56 bits per heavy atom. The Bertz CT molecular complexity index is 366. The molecule has 0 atom stereocenters. The molecule has 1 aromatic heterocycles. The van der Waals surface area contributed by atoms with Crippen LogP contribution in [0.3, 0.4) is 0 Å². The lowest BCUT2D eigenvalue weighted by Crippen LogP contribution is -2.28. The summed E-state index contributed by atoms with van der Waals surface area (Å²) in [6.07, 6.45) is 6.38. The van der Waals surface area contributed by atoms with Gasteiger partial charge in [-0.15, -0.1) is 0 Å². The van der Waals surface area contributed by atoms with E-state index >= 15 is 0 Å². The number of hydrogen-bond acceptors (Lipinski definition) is 3. The van der Waals surface area contributed by atoms with Crippen molar-refractivity contribution in [2.24, 2.45) is 0 Å². The first-order valence-corrected chi connectivity index (χ1v) is 5.68. The molecule has 0 aromatic carbocycles. The molecule has 88 valence electrons. The average Bonchev–Trinajstić information content (AvgIpc) is 2.87. The molecule has 1 saturated carbocycles. The fourth-order valence-corrected chi connectivity index (χ4v) is 2.30. The summed E-state index contributed by atoms with van der Waals surface area (Å²) >= 11 is 0. The fraction of sp³-hybridized carbons (Fsp3) is 0.583. The summed E-state index contributed by atoms with van der Waals surface area (Å²) in [5.74, 6) is -0.203. The van der Waals surface area contributed by atoms with Gasteiger partial charge in [-0.3, -0.25) is 4.90 Å². The number of aromatic carboxylic acids is 1. The van der Waals surface area contributed by atoms with Crippen LogP contribution >= 0.6 is 0 Å². The van der Waals surface area contributed by atoms with Crippen LogP contribution in [-0.4, -0.2) is 29.1 Å². The molecule has 4 heteroatoms. The minimum absolute atomic E-state index is 0.231. The number of nitrogens with zero attached hydrogens (tertiary/aromatic N) is 1. The highest BCUT2D eigenvalue weighted by molar-refractivity contribution is 5.87. The zero-order valence-corrected chi connectivity index (χ0v) is 9.48. The molecule has 16 heavy (non-hydrogen) atoms. The van der Waals surface area contributed by atoms with E-state index in [9.17, 15) is 4.79 Å². The number of carbonyl (C=O) groups is 1. The zero-order chi connectivity index (χ0) is 11.5. The van der Waals surface area contributed by atoms with Gasteiger partial charge in [-0.1, -0.05) is 12.8 Å². The molecule has 1 heterocycles. The third-order valence-electron chi connectivity index (χ3n) is 3.25. The Kier molecular flexibility index (Phi) is 3.29. The summed E-state index contributed by atoms with van der Waals surface area (Å²) in [5, 5.41) is 8.77. The number of furan rings is 1. The van der Waals surface area contributed by atoms with Gasteiger partial charge in [0.1, 0.15) is 12.0 Å². The van der Waals surface area contributed by atoms with E-state index in [2.05, 4.69) is 11.9 Å². The van der Waals surface area contributed by atoms with Gasteiger partial charge in [0, 0.05) is 6.04 Å². The largest absolute Gasteiger partial charge is 0.478 e. The molecule has 1 aliphatic carbocycles. The van der Waals surface area contributed by atoms with Crippen LogP contribution in [0.4, 0.5) is 0 Å². The Morgan fingerprint density at radius 2 is 2.25 bits per heavy atom. The molecule has 1 aromatic rings. The summed E-state index contributed by atoms with van der Waals surface area (Å²) in [4.78, 5) is 12.9. The first-order valence-electron chi connectivity index (χ1n) is 5.68. The SMILES string of the molecule is CN(Cc1cc(C(=O)O)co1)C1CCCC1. The second kappa shape index (κ2) is 4.70. The molecule has 2 rings (SSSR count). The van der Waals surface area contributed by atoms with Crippen LogP contribution < -0.4 is 0 Å². The van der Waals surface area contributed by atoms with Crippen molar-refractivity contribution in [3.8, 4) is 0 Å². The monoisotopic (exact) mass is 223 g/mol. The van der Waals surface area contributed by atoms with E-state index in [1.54, 1.807) is 6.07 Å². The van der Waals surface area contributed by atoms with E-state index < -0.39 is 5.97 Å². The maximum absolute atomic E-state index is 10.7. The Labute approximate surface area is 94.9 Å². The lowest BCUT2D eigenvalue weighted by molar-refractivity contribution is 0.0696. The van der Waals surface area contributed by atoms with Gasteiger partial charge in [0.05, 0.1) is 12.1 Å². The molecule has 0 saturated heterocycles. The molecule has 1 aliphatic rings. The first-order chi connectivity index (χ1) is 7.66. The maximum Gasteiger partial charge on any atom is 0.338 e. The highest BCUT2D eigenvalue weighted by Crippen LogP contribution is 2.23. The Morgan fingerprint density at radius 3 is 2.81 bits per heavy atom. The van der Waals surface area contributed by atoms with Crippen LogP contribution in [0.2, 0.25) is 0 Å². The Hall–Kier alpha value is -1.29. The van der Waals surface area contributed by atoms with Crippen molar-refractivity contribution in [1.82, 2.24) is 4.90 Å². The summed E-state index contributed by atoms with van der Waals surface area (Å²) < 4.78 is 5.23. The summed E-state index contributed by atoms with van der Waals surface area (Å²) in [7, 11) is 2.07. The standard InChI is InChI=1S/C12H17NO3/c1-13(10-4-2-3-5-10)7-11-6-9(8-16-11)12(14)15/h6,8,10H,2-5,7H2,1H3,(H,14,15). The average molecular weight is 223 g/mol. The van der Waals surface area contributed by atoms with Gasteiger partial charge in [0.15, 0.2) is 0 Å². The van der Waals surface area contributed by atoms with Crippen molar-refractivity contribution < 1.29 is 14.3 Å². The molecule has 0 radical (unpaired) electrons. The number of rotatable bonds is 4. The second-order valence-corrected chi connectivity index (χ2v) is 4.46. The number of carboxylic acid groups (broad SMARTS) is 1. The fourth-order valence-electron chi connectivity index (χ4n) is 2.30. The van der Waals surface area contributed by atoms with Crippen molar-refractivity contribution in [3.63, 3.8) is 0 Å². The zero-order valence-electron chi connectivity index (χ0n) is 9.48. The normalized spacial score (nSPS) is 17.1. The molecule has 0 spiro atoms.